The number of nitrogens with zero attached hydrogens (tertiary/aromatic N) is 1. The van der Waals surface area contributed by atoms with Crippen LogP contribution in [0.2, 0.25) is 0 Å². The van der Waals surface area contributed by atoms with E-state index in [1.807, 2.05) is 54.6 Å². The Morgan fingerprint density at radius 3 is 2.49 bits per heavy atom. The van der Waals surface area contributed by atoms with Gasteiger partial charge in [-0.05, 0) is 42.5 Å². The standard InChI is InChI=1S/C27H35N3O5/c1-19(26(28)33)9-14-25(32)29-24(27(34)30-15-5-8-22(31)17-30)16-20-10-12-23(13-11-20)35-18-21-6-3-2-4-7-21/h2-4,6-7,10-13,19,22,24,31H,5,8-9,14-18H2,1H3,(H2,28,33)(H,29,32). The molecule has 2 aromatic rings. The molecule has 0 bridgehead atoms. The number of nitrogens with one attached hydrogen (secondary N) is 1. The van der Waals surface area contributed by atoms with Crippen LogP contribution >= 0.6 is 0 Å². The van der Waals surface area contributed by atoms with Gasteiger partial charge in [0.05, 0.1) is 6.10 Å². The molecule has 1 saturated heterocycles. The zero-order valence-electron chi connectivity index (χ0n) is 20.2. The van der Waals surface area contributed by atoms with Crippen LogP contribution in [0, 0.1) is 5.92 Å². The molecule has 2 aromatic carbocycles. The number of ether oxygens (including phenoxy) is 1. The number of aliphatic hydroxyl groups excluding tert-OH is 1. The fourth-order valence-electron chi connectivity index (χ4n) is 4.03. The summed E-state index contributed by atoms with van der Waals surface area (Å²) in [5, 5.41) is 12.8. The molecule has 0 saturated carbocycles. The van der Waals surface area contributed by atoms with E-state index in [0.29, 0.717) is 38.2 Å². The third-order valence-electron chi connectivity index (χ3n) is 6.24. The van der Waals surface area contributed by atoms with E-state index in [1.165, 1.54) is 0 Å². The van der Waals surface area contributed by atoms with Gasteiger partial charge in [-0.3, -0.25) is 14.4 Å². The summed E-state index contributed by atoms with van der Waals surface area (Å²) >= 11 is 0. The zero-order valence-corrected chi connectivity index (χ0v) is 20.2. The molecule has 3 rings (SSSR count). The highest BCUT2D eigenvalue weighted by Crippen LogP contribution is 2.18. The Bertz CT molecular complexity index is 980. The fourth-order valence-corrected chi connectivity index (χ4v) is 4.03. The van der Waals surface area contributed by atoms with E-state index in [-0.39, 0.29) is 24.8 Å². The summed E-state index contributed by atoms with van der Waals surface area (Å²) in [6.07, 6.45) is 1.55. The van der Waals surface area contributed by atoms with Crippen LogP contribution in [0.3, 0.4) is 0 Å². The lowest BCUT2D eigenvalue weighted by Gasteiger charge is -2.33. The van der Waals surface area contributed by atoms with Crippen LogP contribution in [0.1, 0.15) is 43.7 Å². The van der Waals surface area contributed by atoms with Crippen molar-refractivity contribution in [3.63, 3.8) is 0 Å². The first-order valence-corrected chi connectivity index (χ1v) is 12.1. The minimum atomic E-state index is -0.771. The van der Waals surface area contributed by atoms with Crippen molar-refractivity contribution in [1.82, 2.24) is 10.2 Å². The summed E-state index contributed by atoms with van der Waals surface area (Å²) < 4.78 is 5.83. The maximum absolute atomic E-state index is 13.3. The second-order valence-corrected chi connectivity index (χ2v) is 9.16. The van der Waals surface area contributed by atoms with Crippen LogP contribution in [-0.4, -0.2) is 53.0 Å². The summed E-state index contributed by atoms with van der Waals surface area (Å²) in [6.45, 7) is 2.94. The molecule has 0 radical (unpaired) electrons. The number of hydrogen-bond donors (Lipinski definition) is 3. The zero-order chi connectivity index (χ0) is 25.2. The quantitative estimate of drug-likeness (QED) is 0.454. The molecule has 35 heavy (non-hydrogen) atoms. The van der Waals surface area contributed by atoms with Crippen LogP contribution in [-0.2, 0) is 27.4 Å². The van der Waals surface area contributed by atoms with E-state index in [1.54, 1.807) is 11.8 Å². The molecule has 1 aliphatic rings. The topological polar surface area (TPSA) is 122 Å². The highest BCUT2D eigenvalue weighted by atomic mass is 16.5. The highest BCUT2D eigenvalue weighted by molar-refractivity contribution is 5.88. The van der Waals surface area contributed by atoms with Gasteiger partial charge >= 0.3 is 0 Å². The maximum atomic E-state index is 13.3. The molecule has 3 unspecified atom stereocenters. The van der Waals surface area contributed by atoms with Gasteiger partial charge in [-0.1, -0.05) is 49.4 Å². The summed E-state index contributed by atoms with van der Waals surface area (Å²) in [7, 11) is 0. The van der Waals surface area contributed by atoms with Crippen molar-refractivity contribution >= 4 is 17.7 Å². The highest BCUT2D eigenvalue weighted by Gasteiger charge is 2.29. The van der Waals surface area contributed by atoms with Crippen LogP contribution in [0.5, 0.6) is 5.75 Å². The molecule has 0 spiro atoms. The number of carbonyl (C=O) groups is 3. The van der Waals surface area contributed by atoms with Gasteiger partial charge in [0.1, 0.15) is 18.4 Å². The second-order valence-electron chi connectivity index (χ2n) is 9.16. The molecule has 3 atom stereocenters. The molecule has 4 N–H and O–H groups in total. The summed E-state index contributed by atoms with van der Waals surface area (Å²) in [4.78, 5) is 38.7. The average Bonchev–Trinajstić information content (AvgIpc) is 2.86. The Morgan fingerprint density at radius 1 is 1.11 bits per heavy atom. The molecule has 0 aliphatic carbocycles. The van der Waals surface area contributed by atoms with E-state index in [2.05, 4.69) is 5.32 Å². The van der Waals surface area contributed by atoms with Gasteiger partial charge in [-0.2, -0.15) is 0 Å². The van der Waals surface area contributed by atoms with Gasteiger partial charge < -0.3 is 25.8 Å². The number of primary amides is 1. The van der Waals surface area contributed by atoms with Crippen molar-refractivity contribution in [2.75, 3.05) is 13.1 Å². The Labute approximate surface area is 206 Å². The Morgan fingerprint density at radius 2 is 1.83 bits per heavy atom. The molecule has 1 heterocycles. The predicted octanol–water partition coefficient (Wildman–Crippen LogP) is 2.18. The van der Waals surface area contributed by atoms with Gasteiger partial charge in [-0.25, -0.2) is 0 Å². The molecule has 3 amide bonds. The molecule has 8 heteroatoms. The lowest BCUT2D eigenvalue weighted by molar-refractivity contribution is -0.139. The van der Waals surface area contributed by atoms with Crippen LogP contribution in [0.15, 0.2) is 54.6 Å². The smallest absolute Gasteiger partial charge is 0.245 e. The van der Waals surface area contributed by atoms with Crippen molar-refractivity contribution < 1.29 is 24.2 Å². The molecule has 188 valence electrons. The van der Waals surface area contributed by atoms with Crippen molar-refractivity contribution in [1.29, 1.82) is 0 Å². The summed E-state index contributed by atoms with van der Waals surface area (Å²) in [6, 6.07) is 16.6. The number of benzene rings is 2. The second kappa shape index (κ2) is 12.9. The van der Waals surface area contributed by atoms with Crippen molar-refractivity contribution in [3.8, 4) is 5.75 Å². The third-order valence-corrected chi connectivity index (χ3v) is 6.24. The van der Waals surface area contributed by atoms with E-state index in [9.17, 15) is 19.5 Å². The van der Waals surface area contributed by atoms with Crippen molar-refractivity contribution in [2.45, 2.75) is 57.8 Å². The third kappa shape index (κ3) is 8.40. The van der Waals surface area contributed by atoms with Gasteiger partial charge in [-0.15, -0.1) is 0 Å². The van der Waals surface area contributed by atoms with Gasteiger partial charge in [0.2, 0.25) is 17.7 Å². The van der Waals surface area contributed by atoms with Crippen LogP contribution in [0.25, 0.3) is 0 Å². The van der Waals surface area contributed by atoms with Gasteiger partial charge in [0, 0.05) is 31.8 Å². The Hall–Kier alpha value is -3.39. The van der Waals surface area contributed by atoms with Crippen molar-refractivity contribution in [3.05, 3.63) is 65.7 Å². The average molecular weight is 482 g/mol. The summed E-state index contributed by atoms with van der Waals surface area (Å²) in [5.74, 6) is -0.691. The Kier molecular flexibility index (Phi) is 9.66. The molecule has 1 aliphatic heterocycles. The van der Waals surface area contributed by atoms with Gasteiger partial charge in [0.25, 0.3) is 0 Å². The number of aliphatic hydroxyl groups is 1. The lowest BCUT2D eigenvalue weighted by atomic mass is 10.0. The van der Waals surface area contributed by atoms with Crippen molar-refractivity contribution in [2.24, 2.45) is 11.7 Å². The molecular weight excluding hydrogens is 446 g/mol. The number of likely N-dealkylation sites (tertiary alicyclic amines) is 1. The predicted molar refractivity (Wildman–Crippen MR) is 132 cm³/mol. The van der Waals surface area contributed by atoms with E-state index in [4.69, 9.17) is 10.5 Å². The molecule has 0 aromatic heterocycles. The maximum Gasteiger partial charge on any atom is 0.245 e. The number of β-amino-alcohol motifs (C(OH)–C–C–N with tert-alkyl or cyclic N) is 1. The lowest BCUT2D eigenvalue weighted by Crippen LogP contribution is -2.53. The van der Waals surface area contributed by atoms with Gasteiger partial charge in [0.15, 0.2) is 0 Å². The largest absolute Gasteiger partial charge is 0.489 e. The van der Waals surface area contributed by atoms with E-state index < -0.39 is 24.0 Å². The normalized spacial score (nSPS) is 17.3. The Balaban J connectivity index is 1.64. The molecule has 8 nitrogen and oxygen atoms in total. The number of rotatable bonds is 11. The molecule has 1 fully saturated rings. The first-order chi connectivity index (χ1) is 16.8. The first kappa shape index (κ1) is 26.2. The number of carbonyl (C=O) groups excluding carboxylic acids is 3. The van der Waals surface area contributed by atoms with Crippen LogP contribution < -0.4 is 15.8 Å². The fraction of sp³-hybridized carbons (Fsp3) is 0.444. The minimum Gasteiger partial charge on any atom is -0.489 e. The number of nitrogens with two attached hydrogens (primary N) is 1. The van der Waals surface area contributed by atoms with E-state index >= 15 is 0 Å². The summed E-state index contributed by atoms with van der Waals surface area (Å²) in [5.41, 5.74) is 7.23. The van der Waals surface area contributed by atoms with Crippen LogP contribution in [0.4, 0.5) is 0 Å². The SMILES string of the molecule is CC(CCC(=O)NC(Cc1ccc(OCc2ccccc2)cc1)C(=O)N1CCCC(O)C1)C(N)=O. The van der Waals surface area contributed by atoms with E-state index in [0.717, 1.165) is 17.5 Å². The molecular formula is C27H35N3O5. The number of amides is 3. The number of hydrogen-bond acceptors (Lipinski definition) is 5. The minimum absolute atomic E-state index is 0.1000. The number of piperidine rings is 1. The monoisotopic (exact) mass is 481 g/mol. The first-order valence-electron chi connectivity index (χ1n) is 12.1.